The average Bonchev–Trinajstić information content (AvgIpc) is 2.65. The van der Waals surface area contributed by atoms with Crippen LogP contribution in [0.25, 0.3) is 5.65 Å². The fourth-order valence-corrected chi connectivity index (χ4v) is 1.27. The summed E-state index contributed by atoms with van der Waals surface area (Å²) in [5.41, 5.74) is 5.98. The zero-order valence-corrected chi connectivity index (χ0v) is 8.35. The second-order valence-electron chi connectivity index (χ2n) is 3.57. The Morgan fingerprint density at radius 1 is 1.53 bits per heavy atom. The molecule has 2 aromatic heterocycles. The maximum absolute atomic E-state index is 10.7. The van der Waals surface area contributed by atoms with Gasteiger partial charge in [0.2, 0.25) is 0 Å². The zero-order chi connectivity index (χ0) is 11.2. The summed E-state index contributed by atoms with van der Waals surface area (Å²) in [7, 11) is 0. The van der Waals surface area contributed by atoms with Crippen LogP contribution in [0.3, 0.4) is 0 Å². The van der Waals surface area contributed by atoms with Gasteiger partial charge in [0.05, 0.1) is 0 Å². The number of nitrogens with zero attached hydrogens (tertiary/aromatic N) is 3. The quantitative estimate of drug-likeness (QED) is 0.665. The second kappa shape index (κ2) is 2.97. The van der Waals surface area contributed by atoms with E-state index in [2.05, 4.69) is 15.2 Å². The Hall–Kier alpha value is -2.05. The predicted octanol–water partition coefficient (Wildman–Crippen LogP) is 0.461. The molecule has 0 aliphatic carbocycles. The summed E-state index contributed by atoms with van der Waals surface area (Å²) in [5.74, 6) is -0.224. The van der Waals surface area contributed by atoms with Crippen molar-refractivity contribution in [3.63, 3.8) is 0 Å². The zero-order valence-electron chi connectivity index (χ0n) is 8.35. The van der Waals surface area contributed by atoms with Gasteiger partial charge >= 0.3 is 5.97 Å². The standard InChI is InChI=1S/C8H11N5O2/c1-3(2)6-10-7-4(9)5(8(14)15)11-13(7)12-6/h3H,9H2,1-2H3,(H,10,12)(H,14,15). The van der Waals surface area contributed by atoms with E-state index >= 15 is 0 Å². The molecule has 0 bridgehead atoms. The van der Waals surface area contributed by atoms with E-state index in [-0.39, 0.29) is 17.3 Å². The molecule has 0 aliphatic heterocycles. The number of carboxylic acid groups (broad SMARTS) is 1. The van der Waals surface area contributed by atoms with E-state index in [1.54, 1.807) is 0 Å². The molecule has 2 aromatic rings. The third-order valence-electron chi connectivity index (χ3n) is 2.10. The summed E-state index contributed by atoms with van der Waals surface area (Å²) < 4.78 is 1.22. The van der Waals surface area contributed by atoms with Gasteiger partial charge in [-0.3, -0.25) is 0 Å². The number of fused-ring (bicyclic) bond motifs is 1. The molecule has 0 saturated heterocycles. The van der Waals surface area contributed by atoms with Gasteiger partial charge in [-0.2, -0.15) is 0 Å². The highest BCUT2D eigenvalue weighted by Gasteiger charge is 2.19. The lowest BCUT2D eigenvalue weighted by Gasteiger charge is -1.95. The summed E-state index contributed by atoms with van der Waals surface area (Å²) in [6, 6.07) is 0. The minimum absolute atomic E-state index is 0.113. The van der Waals surface area contributed by atoms with Crippen LogP contribution in [-0.2, 0) is 0 Å². The first-order chi connectivity index (χ1) is 7.00. The Labute approximate surface area is 84.9 Å². The molecule has 4 N–H and O–H groups in total. The van der Waals surface area contributed by atoms with Crippen LogP contribution in [0.2, 0.25) is 0 Å². The summed E-state index contributed by atoms with van der Waals surface area (Å²) in [4.78, 5) is 13.7. The number of nitrogens with one attached hydrogen (secondary N) is 1. The summed E-state index contributed by atoms with van der Waals surface area (Å²) in [6.07, 6.45) is 0. The molecule has 0 aromatic carbocycles. The number of hydrogen-bond acceptors (Lipinski definition) is 4. The van der Waals surface area contributed by atoms with E-state index in [0.29, 0.717) is 5.65 Å². The Kier molecular flexibility index (Phi) is 1.88. The van der Waals surface area contributed by atoms with E-state index in [0.717, 1.165) is 5.82 Å². The first-order valence-corrected chi connectivity index (χ1v) is 4.48. The molecule has 0 radical (unpaired) electrons. The number of anilines is 1. The molecule has 80 valence electrons. The molecule has 2 rings (SSSR count). The number of aromatic amines is 1. The third-order valence-corrected chi connectivity index (χ3v) is 2.10. The van der Waals surface area contributed by atoms with Crippen LogP contribution in [-0.4, -0.2) is 30.9 Å². The van der Waals surface area contributed by atoms with Gasteiger partial charge in [-0.15, -0.1) is 14.8 Å². The Bertz CT molecular complexity index is 524. The van der Waals surface area contributed by atoms with Crippen LogP contribution < -0.4 is 5.73 Å². The number of H-pyrrole nitrogens is 1. The van der Waals surface area contributed by atoms with Gasteiger partial charge in [0.1, 0.15) is 11.5 Å². The van der Waals surface area contributed by atoms with Gasteiger partial charge in [0, 0.05) is 5.92 Å². The number of nitrogen functional groups attached to an aromatic ring is 1. The van der Waals surface area contributed by atoms with Crippen molar-refractivity contribution in [2.24, 2.45) is 0 Å². The van der Waals surface area contributed by atoms with Gasteiger partial charge in [0.15, 0.2) is 11.3 Å². The van der Waals surface area contributed by atoms with Crippen molar-refractivity contribution in [3.8, 4) is 0 Å². The Morgan fingerprint density at radius 3 is 2.67 bits per heavy atom. The highest BCUT2D eigenvalue weighted by molar-refractivity contribution is 5.95. The normalized spacial score (nSPS) is 11.4. The molecular weight excluding hydrogens is 198 g/mol. The predicted molar refractivity (Wildman–Crippen MR) is 52.8 cm³/mol. The van der Waals surface area contributed by atoms with E-state index in [1.165, 1.54) is 4.63 Å². The second-order valence-corrected chi connectivity index (χ2v) is 3.57. The minimum atomic E-state index is -1.16. The van der Waals surface area contributed by atoms with Crippen molar-refractivity contribution >= 4 is 17.3 Å². The van der Waals surface area contributed by atoms with Crippen molar-refractivity contribution in [2.75, 3.05) is 5.73 Å². The van der Waals surface area contributed by atoms with Crippen molar-refractivity contribution in [1.29, 1.82) is 0 Å². The maximum Gasteiger partial charge on any atom is 0.358 e. The van der Waals surface area contributed by atoms with Crippen LogP contribution in [0.15, 0.2) is 0 Å². The SMILES string of the molecule is CC(C)c1nn2nc(C(=O)O)c(N)c2[nH]1. The average molecular weight is 209 g/mol. The summed E-state index contributed by atoms with van der Waals surface area (Å²) in [6.45, 7) is 3.93. The van der Waals surface area contributed by atoms with Crippen molar-refractivity contribution in [1.82, 2.24) is 19.8 Å². The van der Waals surface area contributed by atoms with Gasteiger partial charge in [-0.05, 0) is 0 Å². The van der Waals surface area contributed by atoms with Gasteiger partial charge in [-0.25, -0.2) is 4.79 Å². The van der Waals surface area contributed by atoms with Gasteiger partial charge < -0.3 is 15.8 Å². The summed E-state index contributed by atoms with van der Waals surface area (Å²) >= 11 is 0. The van der Waals surface area contributed by atoms with Crippen LogP contribution in [0.5, 0.6) is 0 Å². The first kappa shape index (κ1) is 9.50. The highest BCUT2D eigenvalue weighted by atomic mass is 16.4. The number of carboxylic acids is 1. The van der Waals surface area contributed by atoms with E-state index in [1.807, 2.05) is 13.8 Å². The Morgan fingerprint density at radius 2 is 2.20 bits per heavy atom. The molecule has 0 unspecified atom stereocenters. The van der Waals surface area contributed by atoms with Crippen LogP contribution in [0.1, 0.15) is 36.1 Å². The fourth-order valence-electron chi connectivity index (χ4n) is 1.27. The Balaban J connectivity index is 2.62. The lowest BCUT2D eigenvalue weighted by molar-refractivity contribution is 0.0691. The van der Waals surface area contributed by atoms with E-state index in [4.69, 9.17) is 10.8 Å². The molecule has 0 atom stereocenters. The molecule has 0 amide bonds. The number of aromatic nitrogens is 4. The van der Waals surface area contributed by atoms with Gasteiger partial charge in [0.25, 0.3) is 0 Å². The van der Waals surface area contributed by atoms with Gasteiger partial charge in [-0.1, -0.05) is 13.8 Å². The molecule has 15 heavy (non-hydrogen) atoms. The van der Waals surface area contributed by atoms with Crippen molar-refractivity contribution < 1.29 is 9.90 Å². The maximum atomic E-state index is 10.7. The monoisotopic (exact) mass is 209 g/mol. The first-order valence-electron chi connectivity index (χ1n) is 4.48. The molecular formula is C8H11N5O2. The fraction of sp³-hybridized carbons (Fsp3) is 0.375. The molecule has 7 nitrogen and oxygen atoms in total. The number of aromatic carboxylic acids is 1. The molecule has 0 aliphatic rings. The third kappa shape index (κ3) is 1.32. The molecule has 2 heterocycles. The number of hydrogen-bond donors (Lipinski definition) is 3. The van der Waals surface area contributed by atoms with Crippen LogP contribution in [0.4, 0.5) is 5.69 Å². The van der Waals surface area contributed by atoms with Crippen LogP contribution >= 0.6 is 0 Å². The topological polar surface area (TPSA) is 109 Å². The van der Waals surface area contributed by atoms with Crippen LogP contribution in [0, 0.1) is 0 Å². The molecule has 0 fully saturated rings. The molecule has 7 heteroatoms. The highest BCUT2D eigenvalue weighted by Crippen LogP contribution is 2.18. The van der Waals surface area contributed by atoms with E-state index in [9.17, 15) is 4.79 Å². The number of nitrogens with two attached hydrogens (primary N) is 1. The minimum Gasteiger partial charge on any atom is -0.476 e. The number of carbonyl (C=O) groups is 1. The van der Waals surface area contributed by atoms with Crippen molar-refractivity contribution in [3.05, 3.63) is 11.5 Å². The molecule has 0 saturated carbocycles. The lowest BCUT2D eigenvalue weighted by atomic mass is 10.2. The van der Waals surface area contributed by atoms with Crippen molar-refractivity contribution in [2.45, 2.75) is 19.8 Å². The van der Waals surface area contributed by atoms with E-state index < -0.39 is 5.97 Å². The number of rotatable bonds is 2. The smallest absolute Gasteiger partial charge is 0.358 e. The summed E-state index contributed by atoms with van der Waals surface area (Å²) in [5, 5.41) is 16.6. The largest absolute Gasteiger partial charge is 0.476 e. The lowest BCUT2D eigenvalue weighted by Crippen LogP contribution is -2.02. The molecule has 0 spiro atoms.